The standard InChI is InChI=1S/C27H27FN4O4S2/c1-5-32-24(17(3)36-20-12-10-19(28)11-13-20)30-31-27(32)38-15-22(33)29-25-23(26(34)35-4)21(14-37-25)18-8-6-16(2)7-9-18/h6-14,17H,5,15H2,1-4H3,(H,29,33). The summed E-state index contributed by atoms with van der Waals surface area (Å²) in [7, 11) is 1.32. The van der Waals surface area contributed by atoms with E-state index in [1.165, 1.54) is 42.3 Å². The van der Waals surface area contributed by atoms with Gasteiger partial charge < -0.3 is 19.4 Å². The second-order valence-electron chi connectivity index (χ2n) is 8.35. The van der Waals surface area contributed by atoms with Crippen molar-refractivity contribution in [2.24, 2.45) is 0 Å². The van der Waals surface area contributed by atoms with Crippen molar-refractivity contribution in [1.29, 1.82) is 0 Å². The van der Waals surface area contributed by atoms with Crippen molar-refractivity contribution in [2.45, 2.75) is 38.6 Å². The molecule has 0 spiro atoms. The molecule has 38 heavy (non-hydrogen) atoms. The summed E-state index contributed by atoms with van der Waals surface area (Å²) in [6, 6.07) is 13.6. The lowest BCUT2D eigenvalue weighted by Crippen LogP contribution is -2.17. The Morgan fingerprint density at radius 3 is 2.50 bits per heavy atom. The maximum Gasteiger partial charge on any atom is 0.341 e. The van der Waals surface area contributed by atoms with E-state index in [4.69, 9.17) is 9.47 Å². The molecule has 2 heterocycles. The number of ether oxygens (including phenoxy) is 2. The Hall–Kier alpha value is -3.70. The van der Waals surface area contributed by atoms with Crippen LogP contribution in [0.1, 0.15) is 41.7 Å². The van der Waals surface area contributed by atoms with Gasteiger partial charge >= 0.3 is 5.97 Å². The summed E-state index contributed by atoms with van der Waals surface area (Å²) in [4.78, 5) is 25.4. The van der Waals surface area contributed by atoms with Crippen molar-refractivity contribution in [3.63, 3.8) is 0 Å². The van der Waals surface area contributed by atoms with Crippen LogP contribution in [-0.2, 0) is 16.1 Å². The van der Waals surface area contributed by atoms with Crippen molar-refractivity contribution in [3.8, 4) is 16.9 Å². The van der Waals surface area contributed by atoms with Crippen LogP contribution in [-0.4, -0.2) is 39.5 Å². The number of nitrogens with one attached hydrogen (secondary N) is 1. The lowest BCUT2D eigenvalue weighted by atomic mass is 10.0. The summed E-state index contributed by atoms with van der Waals surface area (Å²) in [5.41, 5.74) is 3.00. The molecule has 0 radical (unpaired) electrons. The van der Waals surface area contributed by atoms with Gasteiger partial charge in [0.25, 0.3) is 0 Å². The molecule has 0 bridgehead atoms. The number of anilines is 1. The number of hydrogen-bond donors (Lipinski definition) is 1. The zero-order chi connectivity index (χ0) is 27.2. The van der Waals surface area contributed by atoms with E-state index in [2.05, 4.69) is 15.5 Å². The zero-order valence-corrected chi connectivity index (χ0v) is 23.0. The first-order valence-electron chi connectivity index (χ1n) is 11.9. The summed E-state index contributed by atoms with van der Waals surface area (Å²) in [6.45, 7) is 6.34. The molecule has 11 heteroatoms. The highest BCUT2D eigenvalue weighted by atomic mass is 32.2. The molecular formula is C27H27FN4O4S2. The first kappa shape index (κ1) is 27.3. The third kappa shape index (κ3) is 6.22. The van der Waals surface area contributed by atoms with Crippen LogP contribution in [0.3, 0.4) is 0 Å². The van der Waals surface area contributed by atoms with Crippen LogP contribution in [0.2, 0.25) is 0 Å². The Bertz CT molecular complexity index is 1420. The molecule has 2 aromatic carbocycles. The molecule has 0 aliphatic rings. The fourth-order valence-corrected chi connectivity index (χ4v) is 5.55. The number of esters is 1. The van der Waals surface area contributed by atoms with E-state index in [-0.39, 0.29) is 17.5 Å². The number of methoxy groups -OCH3 is 1. The Morgan fingerprint density at radius 2 is 1.84 bits per heavy atom. The number of rotatable bonds is 10. The van der Waals surface area contributed by atoms with E-state index in [9.17, 15) is 14.0 Å². The Labute approximate surface area is 228 Å². The van der Waals surface area contributed by atoms with E-state index < -0.39 is 12.1 Å². The van der Waals surface area contributed by atoms with Gasteiger partial charge in [0, 0.05) is 17.5 Å². The van der Waals surface area contributed by atoms with Gasteiger partial charge in [-0.1, -0.05) is 41.6 Å². The summed E-state index contributed by atoms with van der Waals surface area (Å²) >= 11 is 2.50. The number of amides is 1. The molecule has 0 aliphatic carbocycles. The molecule has 1 amide bonds. The summed E-state index contributed by atoms with van der Waals surface area (Å²) in [6.07, 6.45) is -0.440. The predicted molar refractivity (Wildman–Crippen MR) is 146 cm³/mol. The zero-order valence-electron chi connectivity index (χ0n) is 21.4. The molecule has 0 aliphatic heterocycles. The van der Waals surface area contributed by atoms with Gasteiger partial charge in [0.15, 0.2) is 17.1 Å². The molecule has 4 aromatic rings. The summed E-state index contributed by atoms with van der Waals surface area (Å²) in [5.74, 6) is 0.0139. The minimum atomic E-state index is -0.518. The predicted octanol–water partition coefficient (Wildman–Crippen LogP) is 6.13. The molecule has 0 fully saturated rings. The van der Waals surface area contributed by atoms with Crippen molar-refractivity contribution in [1.82, 2.24) is 14.8 Å². The van der Waals surface area contributed by atoms with Gasteiger partial charge in [-0.3, -0.25) is 4.79 Å². The third-order valence-corrected chi connectivity index (χ3v) is 7.54. The van der Waals surface area contributed by atoms with Crippen molar-refractivity contribution >= 4 is 40.0 Å². The number of thioether (sulfide) groups is 1. The van der Waals surface area contributed by atoms with Crippen molar-refractivity contribution in [2.75, 3.05) is 18.2 Å². The number of benzene rings is 2. The highest BCUT2D eigenvalue weighted by molar-refractivity contribution is 7.99. The molecule has 0 saturated heterocycles. The molecule has 0 saturated carbocycles. The Balaban J connectivity index is 1.45. The van der Waals surface area contributed by atoms with E-state index in [1.807, 2.05) is 55.0 Å². The second kappa shape index (κ2) is 12.2. The average molecular weight is 555 g/mol. The van der Waals surface area contributed by atoms with Crippen LogP contribution in [0.5, 0.6) is 5.75 Å². The van der Waals surface area contributed by atoms with Crippen LogP contribution in [0.4, 0.5) is 9.39 Å². The smallest absolute Gasteiger partial charge is 0.341 e. The lowest BCUT2D eigenvalue weighted by Gasteiger charge is -2.15. The van der Waals surface area contributed by atoms with Gasteiger partial charge in [0.2, 0.25) is 5.91 Å². The number of halogens is 1. The number of carbonyl (C=O) groups is 2. The number of aryl methyl sites for hydroxylation is 1. The average Bonchev–Trinajstić information content (AvgIpc) is 3.52. The fraction of sp³-hybridized carbons (Fsp3) is 0.259. The number of aromatic nitrogens is 3. The SMILES string of the molecule is CCn1c(SCC(=O)Nc2scc(-c3ccc(C)cc3)c2C(=O)OC)nnc1C(C)Oc1ccc(F)cc1. The molecule has 198 valence electrons. The third-order valence-electron chi connectivity index (χ3n) is 5.68. The van der Waals surface area contributed by atoms with Crippen LogP contribution < -0.4 is 10.1 Å². The monoisotopic (exact) mass is 554 g/mol. The Morgan fingerprint density at radius 1 is 1.13 bits per heavy atom. The summed E-state index contributed by atoms with van der Waals surface area (Å²) in [5, 5.41) is 14.2. The topological polar surface area (TPSA) is 95.3 Å². The normalized spacial score (nSPS) is 11.7. The molecule has 1 N–H and O–H groups in total. The first-order valence-corrected chi connectivity index (χ1v) is 13.7. The first-order chi connectivity index (χ1) is 18.3. The van der Waals surface area contributed by atoms with Gasteiger partial charge in [-0.15, -0.1) is 21.5 Å². The number of carbonyl (C=O) groups excluding carboxylic acids is 2. The maximum atomic E-state index is 13.2. The number of hydrogen-bond acceptors (Lipinski definition) is 8. The minimum absolute atomic E-state index is 0.0592. The van der Waals surface area contributed by atoms with E-state index >= 15 is 0 Å². The highest BCUT2D eigenvalue weighted by Crippen LogP contribution is 2.36. The number of thiophene rings is 1. The van der Waals surface area contributed by atoms with Gasteiger partial charge in [-0.05, 0) is 50.6 Å². The summed E-state index contributed by atoms with van der Waals surface area (Å²) < 4.78 is 25.9. The molecule has 2 aromatic heterocycles. The van der Waals surface area contributed by atoms with Gasteiger partial charge in [0.1, 0.15) is 22.1 Å². The van der Waals surface area contributed by atoms with E-state index in [1.54, 1.807) is 12.1 Å². The molecule has 8 nitrogen and oxygen atoms in total. The molecule has 4 rings (SSSR count). The van der Waals surface area contributed by atoms with Crippen LogP contribution in [0, 0.1) is 12.7 Å². The Kier molecular flexibility index (Phi) is 8.80. The van der Waals surface area contributed by atoms with Crippen molar-refractivity contribution in [3.05, 3.63) is 76.7 Å². The van der Waals surface area contributed by atoms with Crippen LogP contribution >= 0.6 is 23.1 Å². The lowest BCUT2D eigenvalue weighted by molar-refractivity contribution is -0.113. The van der Waals surface area contributed by atoms with Gasteiger partial charge in [-0.25, -0.2) is 9.18 Å². The highest BCUT2D eigenvalue weighted by Gasteiger charge is 2.23. The van der Waals surface area contributed by atoms with Gasteiger partial charge in [-0.2, -0.15) is 0 Å². The fourth-order valence-electron chi connectivity index (χ4n) is 3.77. The molecule has 1 unspecified atom stereocenters. The second-order valence-corrected chi connectivity index (χ2v) is 10.2. The van der Waals surface area contributed by atoms with Gasteiger partial charge in [0.05, 0.1) is 12.9 Å². The van der Waals surface area contributed by atoms with E-state index in [0.717, 1.165) is 11.1 Å². The minimum Gasteiger partial charge on any atom is -0.483 e. The maximum absolute atomic E-state index is 13.2. The molecular weight excluding hydrogens is 527 g/mol. The van der Waals surface area contributed by atoms with Crippen LogP contribution in [0.15, 0.2) is 59.1 Å². The largest absolute Gasteiger partial charge is 0.483 e. The molecule has 1 atom stereocenters. The van der Waals surface area contributed by atoms with Crippen LogP contribution in [0.25, 0.3) is 11.1 Å². The van der Waals surface area contributed by atoms with Crippen molar-refractivity contribution < 1.29 is 23.5 Å². The number of nitrogens with zero attached hydrogens (tertiary/aromatic N) is 3. The quantitative estimate of drug-likeness (QED) is 0.186. The van der Waals surface area contributed by atoms with E-state index in [0.29, 0.717) is 39.4 Å².